The van der Waals surface area contributed by atoms with Crippen LogP contribution in [0.5, 0.6) is 6.01 Å². The van der Waals surface area contributed by atoms with E-state index in [-0.39, 0.29) is 6.61 Å². The fourth-order valence-electron chi connectivity index (χ4n) is 1.76. The van der Waals surface area contributed by atoms with Crippen molar-refractivity contribution in [1.82, 2.24) is 29.9 Å². The van der Waals surface area contributed by atoms with Gasteiger partial charge in [-0.05, 0) is 31.5 Å². The van der Waals surface area contributed by atoms with Crippen molar-refractivity contribution in [3.63, 3.8) is 0 Å². The highest BCUT2D eigenvalue weighted by molar-refractivity contribution is 5.30. The number of aryl methyl sites for hydroxylation is 2. The molecule has 106 valence electrons. The molecule has 0 aliphatic rings. The molecule has 0 aliphatic carbocycles. The van der Waals surface area contributed by atoms with Crippen LogP contribution >= 0.6 is 0 Å². The van der Waals surface area contributed by atoms with E-state index in [4.69, 9.17) is 4.74 Å². The van der Waals surface area contributed by atoms with Gasteiger partial charge in [0.1, 0.15) is 12.3 Å². The maximum absolute atomic E-state index is 5.47. The van der Waals surface area contributed by atoms with Crippen LogP contribution in [-0.2, 0) is 6.61 Å². The molecule has 7 heteroatoms. The second kappa shape index (κ2) is 5.66. The predicted octanol–water partition coefficient (Wildman–Crippen LogP) is 1.65. The maximum Gasteiger partial charge on any atom is 0.316 e. The fraction of sp³-hybridized carbons (Fsp3) is 0.214. The molecule has 21 heavy (non-hydrogen) atoms. The average Bonchev–Trinajstić information content (AvgIpc) is 2.96. The first kappa shape index (κ1) is 13.2. The van der Waals surface area contributed by atoms with Crippen LogP contribution in [0.15, 0.2) is 36.9 Å². The summed E-state index contributed by atoms with van der Waals surface area (Å²) in [5, 5.41) is 8.14. The molecule has 3 rings (SSSR count). The minimum Gasteiger partial charge on any atom is -0.457 e. The molecular weight excluding hydrogens is 268 g/mol. The molecule has 0 fully saturated rings. The molecule has 0 aromatic carbocycles. The van der Waals surface area contributed by atoms with Crippen molar-refractivity contribution in [2.75, 3.05) is 0 Å². The van der Waals surface area contributed by atoms with E-state index in [0.717, 1.165) is 16.9 Å². The summed E-state index contributed by atoms with van der Waals surface area (Å²) in [7, 11) is 0. The van der Waals surface area contributed by atoms with E-state index in [1.54, 1.807) is 23.3 Å². The third kappa shape index (κ3) is 3.19. The van der Waals surface area contributed by atoms with Crippen LogP contribution in [0.4, 0.5) is 0 Å². The predicted molar refractivity (Wildman–Crippen MR) is 75.0 cm³/mol. The first-order chi connectivity index (χ1) is 10.2. The summed E-state index contributed by atoms with van der Waals surface area (Å²) in [5.74, 6) is 0. The van der Waals surface area contributed by atoms with Gasteiger partial charge in [-0.3, -0.25) is 4.98 Å². The number of pyridine rings is 1. The van der Waals surface area contributed by atoms with E-state index in [9.17, 15) is 0 Å². The number of hydrogen-bond donors (Lipinski definition) is 0. The van der Waals surface area contributed by atoms with E-state index in [1.165, 1.54) is 0 Å². The van der Waals surface area contributed by atoms with Crippen LogP contribution < -0.4 is 4.74 Å². The summed E-state index contributed by atoms with van der Waals surface area (Å²) in [5.41, 5.74) is 3.52. The van der Waals surface area contributed by atoms with E-state index in [1.807, 2.05) is 32.2 Å². The molecule has 3 aromatic heterocycles. The lowest BCUT2D eigenvalue weighted by Crippen LogP contribution is -1.99. The van der Waals surface area contributed by atoms with Crippen LogP contribution in [0.25, 0.3) is 5.69 Å². The monoisotopic (exact) mass is 282 g/mol. The second-order valence-corrected chi connectivity index (χ2v) is 4.64. The molecular formula is C14H14N6O. The minimum absolute atomic E-state index is 0.271. The molecule has 0 radical (unpaired) electrons. The Morgan fingerprint density at radius 2 is 1.95 bits per heavy atom. The van der Waals surface area contributed by atoms with Crippen LogP contribution in [0.3, 0.4) is 0 Å². The van der Waals surface area contributed by atoms with Gasteiger partial charge in [0.2, 0.25) is 0 Å². The van der Waals surface area contributed by atoms with Crippen molar-refractivity contribution in [1.29, 1.82) is 0 Å². The standard InChI is InChI=1S/C14H14N6O/c1-10-6-16-14(17-7-10)21-9-12-8-20(19-18-12)13-3-4-15-11(2)5-13/h3-8H,9H2,1-2H3. The maximum atomic E-state index is 5.47. The van der Waals surface area contributed by atoms with Gasteiger partial charge in [-0.15, -0.1) is 5.10 Å². The Morgan fingerprint density at radius 1 is 1.14 bits per heavy atom. The lowest BCUT2D eigenvalue weighted by atomic mass is 10.3. The largest absolute Gasteiger partial charge is 0.457 e. The summed E-state index contributed by atoms with van der Waals surface area (Å²) in [6.07, 6.45) is 6.96. The van der Waals surface area contributed by atoms with Gasteiger partial charge in [0.05, 0.1) is 11.9 Å². The summed E-state index contributed by atoms with van der Waals surface area (Å²) >= 11 is 0. The number of aromatic nitrogens is 6. The first-order valence-electron chi connectivity index (χ1n) is 6.46. The van der Waals surface area contributed by atoms with Gasteiger partial charge in [-0.1, -0.05) is 5.21 Å². The molecule has 0 spiro atoms. The summed E-state index contributed by atoms with van der Waals surface area (Å²) in [6.45, 7) is 4.12. The van der Waals surface area contributed by atoms with Crippen LogP contribution in [-0.4, -0.2) is 29.9 Å². The third-order valence-electron chi connectivity index (χ3n) is 2.79. The zero-order valence-electron chi connectivity index (χ0n) is 11.8. The zero-order chi connectivity index (χ0) is 14.7. The highest BCUT2D eigenvalue weighted by atomic mass is 16.5. The van der Waals surface area contributed by atoms with Crippen LogP contribution in [0.2, 0.25) is 0 Å². The molecule has 0 saturated heterocycles. The Balaban J connectivity index is 1.69. The average molecular weight is 282 g/mol. The molecule has 0 saturated carbocycles. The lowest BCUT2D eigenvalue weighted by Gasteiger charge is -2.01. The molecule has 0 unspecified atom stereocenters. The highest BCUT2D eigenvalue weighted by Crippen LogP contribution is 2.09. The fourth-order valence-corrected chi connectivity index (χ4v) is 1.76. The van der Waals surface area contributed by atoms with Gasteiger partial charge in [0, 0.05) is 24.3 Å². The topological polar surface area (TPSA) is 78.6 Å². The SMILES string of the molecule is Cc1cnc(OCc2cn(-c3ccnc(C)c3)nn2)nc1. The van der Waals surface area contributed by atoms with Gasteiger partial charge in [0.25, 0.3) is 0 Å². The Kier molecular flexibility index (Phi) is 3.55. The van der Waals surface area contributed by atoms with Gasteiger partial charge < -0.3 is 4.74 Å². The van der Waals surface area contributed by atoms with E-state index in [0.29, 0.717) is 11.7 Å². The third-order valence-corrected chi connectivity index (χ3v) is 2.79. The molecule has 3 heterocycles. The zero-order valence-corrected chi connectivity index (χ0v) is 11.8. The lowest BCUT2D eigenvalue weighted by molar-refractivity contribution is 0.276. The van der Waals surface area contributed by atoms with Crippen LogP contribution in [0.1, 0.15) is 17.0 Å². The Morgan fingerprint density at radius 3 is 2.71 bits per heavy atom. The molecule has 0 bridgehead atoms. The first-order valence-corrected chi connectivity index (χ1v) is 6.46. The van der Waals surface area contributed by atoms with Crippen molar-refractivity contribution in [3.05, 3.63) is 53.9 Å². The van der Waals surface area contributed by atoms with Gasteiger partial charge in [-0.25, -0.2) is 14.6 Å². The van der Waals surface area contributed by atoms with Crippen molar-refractivity contribution in [2.24, 2.45) is 0 Å². The van der Waals surface area contributed by atoms with Crippen LogP contribution in [0, 0.1) is 13.8 Å². The Labute approximate surface area is 121 Å². The summed E-state index contributed by atoms with van der Waals surface area (Å²) < 4.78 is 7.15. The highest BCUT2D eigenvalue weighted by Gasteiger charge is 2.05. The quantitative estimate of drug-likeness (QED) is 0.724. The number of nitrogens with zero attached hydrogens (tertiary/aromatic N) is 6. The number of rotatable bonds is 4. The number of hydrogen-bond acceptors (Lipinski definition) is 6. The Bertz CT molecular complexity index is 737. The number of ether oxygens (including phenoxy) is 1. The Hall–Kier alpha value is -2.83. The molecule has 0 aliphatic heterocycles. The molecule has 0 amide bonds. The van der Waals surface area contributed by atoms with E-state index in [2.05, 4.69) is 25.3 Å². The normalized spacial score (nSPS) is 10.6. The van der Waals surface area contributed by atoms with Crippen molar-refractivity contribution in [3.8, 4) is 11.7 Å². The summed E-state index contributed by atoms with van der Waals surface area (Å²) in [4.78, 5) is 12.3. The smallest absolute Gasteiger partial charge is 0.316 e. The molecule has 0 N–H and O–H groups in total. The molecule has 3 aromatic rings. The van der Waals surface area contributed by atoms with E-state index < -0.39 is 0 Å². The summed E-state index contributed by atoms with van der Waals surface area (Å²) in [6, 6.07) is 4.13. The molecule has 0 atom stereocenters. The van der Waals surface area contributed by atoms with Gasteiger partial charge in [-0.2, -0.15) is 0 Å². The van der Waals surface area contributed by atoms with Crippen molar-refractivity contribution < 1.29 is 4.74 Å². The van der Waals surface area contributed by atoms with Gasteiger partial charge in [0.15, 0.2) is 0 Å². The van der Waals surface area contributed by atoms with E-state index >= 15 is 0 Å². The second-order valence-electron chi connectivity index (χ2n) is 4.64. The minimum atomic E-state index is 0.271. The van der Waals surface area contributed by atoms with Gasteiger partial charge >= 0.3 is 6.01 Å². The van der Waals surface area contributed by atoms with Crippen molar-refractivity contribution in [2.45, 2.75) is 20.5 Å². The van der Waals surface area contributed by atoms with Crippen molar-refractivity contribution >= 4 is 0 Å². The molecule has 7 nitrogen and oxygen atoms in total.